The highest BCUT2D eigenvalue weighted by atomic mass is 19.1. The molecular formula is C22H27FN2O3. The summed E-state index contributed by atoms with van der Waals surface area (Å²) >= 11 is 0. The molecule has 0 heterocycles. The van der Waals surface area contributed by atoms with Gasteiger partial charge in [0.1, 0.15) is 6.04 Å². The fourth-order valence-electron chi connectivity index (χ4n) is 2.74. The van der Waals surface area contributed by atoms with Gasteiger partial charge in [-0.05, 0) is 51.0 Å². The number of benzene rings is 2. The summed E-state index contributed by atoms with van der Waals surface area (Å²) in [6.07, 6.45) is 0. The number of carbonyl (C=O) groups excluding carboxylic acids is 2. The van der Waals surface area contributed by atoms with Crippen molar-refractivity contribution in [1.29, 1.82) is 0 Å². The zero-order valence-electron chi connectivity index (χ0n) is 16.7. The van der Waals surface area contributed by atoms with Gasteiger partial charge in [-0.15, -0.1) is 0 Å². The Hall–Kier alpha value is -2.89. The molecule has 0 fully saturated rings. The second-order valence-corrected chi connectivity index (χ2v) is 7.01. The van der Waals surface area contributed by atoms with E-state index in [2.05, 4.69) is 5.32 Å². The summed E-state index contributed by atoms with van der Waals surface area (Å²) in [5, 5.41) is 2.83. The van der Waals surface area contributed by atoms with Crippen LogP contribution in [0.25, 0.3) is 0 Å². The molecular weight excluding hydrogens is 359 g/mol. The Morgan fingerprint density at radius 2 is 1.71 bits per heavy atom. The minimum atomic E-state index is -0.696. The molecule has 2 aromatic rings. The highest BCUT2D eigenvalue weighted by molar-refractivity contribution is 5.88. The molecule has 0 aromatic heterocycles. The van der Waals surface area contributed by atoms with E-state index >= 15 is 0 Å². The molecule has 1 N–H and O–H groups in total. The number of nitrogens with one attached hydrogen (secondary N) is 1. The van der Waals surface area contributed by atoms with Gasteiger partial charge in [0.15, 0.2) is 18.2 Å². The number of amides is 2. The minimum Gasteiger partial charge on any atom is -0.481 e. The normalized spacial score (nSPS) is 11.8. The molecule has 2 aromatic carbocycles. The summed E-state index contributed by atoms with van der Waals surface area (Å²) in [6.45, 7) is 7.26. The van der Waals surface area contributed by atoms with Crippen molar-refractivity contribution in [2.24, 2.45) is 0 Å². The lowest BCUT2D eigenvalue weighted by atomic mass is 10.1. The van der Waals surface area contributed by atoms with E-state index in [-0.39, 0.29) is 30.9 Å². The average Bonchev–Trinajstić information content (AvgIpc) is 2.65. The zero-order chi connectivity index (χ0) is 20.7. The highest BCUT2D eigenvalue weighted by Crippen LogP contribution is 2.17. The molecule has 28 heavy (non-hydrogen) atoms. The van der Waals surface area contributed by atoms with Crippen LogP contribution in [-0.2, 0) is 16.1 Å². The van der Waals surface area contributed by atoms with Gasteiger partial charge in [0, 0.05) is 12.6 Å². The summed E-state index contributed by atoms with van der Waals surface area (Å²) in [5.74, 6) is -1.17. The SMILES string of the molecule is Cc1ccccc1CN(C(=O)COc1ccccc1F)[C@@H](C)C(=O)NC(C)C. The van der Waals surface area contributed by atoms with Gasteiger partial charge in [0.2, 0.25) is 5.91 Å². The van der Waals surface area contributed by atoms with E-state index in [1.165, 1.54) is 17.0 Å². The van der Waals surface area contributed by atoms with Gasteiger partial charge < -0.3 is 15.0 Å². The zero-order valence-corrected chi connectivity index (χ0v) is 16.7. The Labute approximate surface area is 165 Å². The van der Waals surface area contributed by atoms with Crippen LogP contribution in [0.2, 0.25) is 0 Å². The molecule has 0 radical (unpaired) electrons. The Morgan fingerprint density at radius 1 is 1.07 bits per heavy atom. The summed E-state index contributed by atoms with van der Waals surface area (Å²) in [6, 6.07) is 12.8. The lowest BCUT2D eigenvalue weighted by Gasteiger charge is -2.29. The van der Waals surface area contributed by atoms with Crippen molar-refractivity contribution in [1.82, 2.24) is 10.2 Å². The molecule has 6 heteroatoms. The molecule has 0 bridgehead atoms. The average molecular weight is 386 g/mol. The lowest BCUT2D eigenvalue weighted by Crippen LogP contribution is -2.50. The third kappa shape index (κ3) is 5.81. The number of carbonyl (C=O) groups is 2. The first kappa shape index (κ1) is 21.4. The molecule has 0 spiro atoms. The number of hydrogen-bond donors (Lipinski definition) is 1. The maximum atomic E-state index is 13.8. The number of nitrogens with zero attached hydrogens (tertiary/aromatic N) is 1. The van der Waals surface area contributed by atoms with Crippen molar-refractivity contribution >= 4 is 11.8 Å². The van der Waals surface area contributed by atoms with Gasteiger partial charge >= 0.3 is 0 Å². The molecule has 1 atom stereocenters. The number of ether oxygens (including phenoxy) is 1. The first-order valence-corrected chi connectivity index (χ1v) is 9.31. The summed E-state index contributed by atoms with van der Waals surface area (Å²) in [5.41, 5.74) is 1.96. The predicted molar refractivity (Wildman–Crippen MR) is 106 cm³/mol. The molecule has 0 aliphatic carbocycles. The smallest absolute Gasteiger partial charge is 0.261 e. The van der Waals surface area contributed by atoms with Crippen LogP contribution in [0.5, 0.6) is 5.75 Å². The van der Waals surface area contributed by atoms with E-state index in [9.17, 15) is 14.0 Å². The molecule has 0 aliphatic rings. The molecule has 150 valence electrons. The Kier molecular flexibility index (Phi) is 7.55. The second-order valence-electron chi connectivity index (χ2n) is 7.01. The Balaban J connectivity index is 2.18. The highest BCUT2D eigenvalue weighted by Gasteiger charge is 2.27. The van der Waals surface area contributed by atoms with Crippen LogP contribution in [0.3, 0.4) is 0 Å². The summed E-state index contributed by atoms with van der Waals surface area (Å²) in [4.78, 5) is 26.8. The minimum absolute atomic E-state index is 0.00553. The van der Waals surface area contributed by atoms with Crippen LogP contribution >= 0.6 is 0 Å². The summed E-state index contributed by atoms with van der Waals surface area (Å²) < 4.78 is 19.1. The van der Waals surface area contributed by atoms with Gasteiger partial charge in [-0.3, -0.25) is 9.59 Å². The maximum absolute atomic E-state index is 13.8. The van der Waals surface area contributed by atoms with Crippen LogP contribution in [0.1, 0.15) is 31.9 Å². The Morgan fingerprint density at radius 3 is 2.36 bits per heavy atom. The van der Waals surface area contributed by atoms with Crippen molar-refractivity contribution in [3.8, 4) is 5.75 Å². The van der Waals surface area contributed by atoms with E-state index in [0.29, 0.717) is 0 Å². The van der Waals surface area contributed by atoms with Crippen LogP contribution in [0.4, 0.5) is 4.39 Å². The van der Waals surface area contributed by atoms with Crippen molar-refractivity contribution in [3.05, 3.63) is 65.5 Å². The molecule has 2 amide bonds. The third-order valence-corrected chi connectivity index (χ3v) is 4.39. The summed E-state index contributed by atoms with van der Waals surface area (Å²) in [7, 11) is 0. The van der Waals surface area contributed by atoms with E-state index < -0.39 is 17.8 Å². The first-order chi connectivity index (χ1) is 13.3. The maximum Gasteiger partial charge on any atom is 0.261 e. The second kappa shape index (κ2) is 9.88. The fraction of sp³-hybridized carbons (Fsp3) is 0.364. The lowest BCUT2D eigenvalue weighted by molar-refractivity contribution is -0.142. The molecule has 5 nitrogen and oxygen atoms in total. The van der Waals surface area contributed by atoms with E-state index in [1.807, 2.05) is 45.0 Å². The third-order valence-electron chi connectivity index (χ3n) is 4.39. The van der Waals surface area contributed by atoms with Crippen molar-refractivity contribution < 1.29 is 18.7 Å². The first-order valence-electron chi connectivity index (χ1n) is 9.31. The van der Waals surface area contributed by atoms with Gasteiger partial charge in [-0.2, -0.15) is 0 Å². The van der Waals surface area contributed by atoms with Crippen molar-refractivity contribution in [2.45, 2.75) is 46.3 Å². The monoisotopic (exact) mass is 386 g/mol. The molecule has 0 unspecified atom stereocenters. The number of para-hydroxylation sites is 1. The number of halogens is 1. The standard InChI is InChI=1S/C22H27FN2O3/c1-15(2)24-22(27)17(4)25(13-18-10-6-5-9-16(18)3)21(26)14-28-20-12-8-7-11-19(20)23/h5-12,15,17H,13-14H2,1-4H3,(H,24,27)/t17-/m0/s1. The van der Waals surface area contributed by atoms with Crippen molar-refractivity contribution in [2.75, 3.05) is 6.61 Å². The number of rotatable bonds is 8. The van der Waals surface area contributed by atoms with E-state index in [1.54, 1.807) is 19.1 Å². The largest absolute Gasteiger partial charge is 0.481 e. The topological polar surface area (TPSA) is 58.6 Å². The van der Waals surface area contributed by atoms with Crippen LogP contribution in [0, 0.1) is 12.7 Å². The van der Waals surface area contributed by atoms with Crippen LogP contribution in [0.15, 0.2) is 48.5 Å². The van der Waals surface area contributed by atoms with Gasteiger partial charge in [0.25, 0.3) is 5.91 Å². The van der Waals surface area contributed by atoms with E-state index in [0.717, 1.165) is 11.1 Å². The van der Waals surface area contributed by atoms with Gasteiger partial charge in [0.05, 0.1) is 0 Å². The van der Waals surface area contributed by atoms with Gasteiger partial charge in [-0.1, -0.05) is 36.4 Å². The van der Waals surface area contributed by atoms with E-state index in [4.69, 9.17) is 4.74 Å². The Bertz CT molecular complexity index is 823. The van der Waals surface area contributed by atoms with Crippen molar-refractivity contribution in [3.63, 3.8) is 0 Å². The van der Waals surface area contributed by atoms with Gasteiger partial charge in [-0.25, -0.2) is 4.39 Å². The van der Waals surface area contributed by atoms with Crippen LogP contribution < -0.4 is 10.1 Å². The molecule has 0 saturated heterocycles. The molecule has 0 saturated carbocycles. The molecule has 0 aliphatic heterocycles. The molecule has 2 rings (SSSR count). The quantitative estimate of drug-likeness (QED) is 0.756. The fourth-order valence-corrected chi connectivity index (χ4v) is 2.74. The number of aryl methyl sites for hydroxylation is 1. The predicted octanol–water partition coefficient (Wildman–Crippen LogP) is 3.45. The van der Waals surface area contributed by atoms with Crippen LogP contribution in [-0.4, -0.2) is 35.4 Å². The number of hydrogen-bond acceptors (Lipinski definition) is 3.